The molecule has 0 heterocycles. The molecule has 0 spiro atoms. The number of carbonyl (C=O) groups is 1. The summed E-state index contributed by atoms with van der Waals surface area (Å²) in [7, 11) is 0. The third-order valence-corrected chi connectivity index (χ3v) is 3.98. The van der Waals surface area contributed by atoms with E-state index in [1.54, 1.807) is 24.3 Å². The molecule has 0 aliphatic carbocycles. The molecule has 6 heteroatoms. The summed E-state index contributed by atoms with van der Waals surface area (Å²) in [6.07, 6.45) is 0. The molecule has 1 atom stereocenters. The molecule has 18 heavy (non-hydrogen) atoms. The summed E-state index contributed by atoms with van der Waals surface area (Å²) in [5.41, 5.74) is -1.82. The number of hydrogen-bond donors (Lipinski definition) is 0. The average Bonchev–Trinajstić information content (AvgIpc) is 2.34. The quantitative estimate of drug-likeness (QED) is 0.732. The minimum atomic E-state index is -1.82. The number of ketones is 1. The second-order valence-electron chi connectivity index (χ2n) is 3.87. The molecule has 0 aliphatic rings. The van der Waals surface area contributed by atoms with Crippen LogP contribution in [0.25, 0.3) is 0 Å². The molecular formula is C12H12BrClF2O2. The predicted octanol–water partition coefficient (Wildman–Crippen LogP) is 3.95. The number of alkyl halides is 3. The van der Waals surface area contributed by atoms with E-state index in [4.69, 9.17) is 16.3 Å². The zero-order valence-corrected chi connectivity index (χ0v) is 12.0. The van der Waals surface area contributed by atoms with E-state index in [0.717, 1.165) is 6.92 Å². The first-order valence-electron chi connectivity index (χ1n) is 5.15. The lowest BCUT2D eigenvalue weighted by molar-refractivity contribution is -0.131. The average molecular weight is 342 g/mol. The molecule has 0 radical (unpaired) electrons. The Balaban J connectivity index is 2.88. The van der Waals surface area contributed by atoms with Crippen LogP contribution in [0.2, 0.25) is 5.02 Å². The van der Waals surface area contributed by atoms with Crippen molar-refractivity contribution in [2.75, 3.05) is 13.3 Å². The molecule has 2 nitrogen and oxygen atoms in total. The van der Waals surface area contributed by atoms with Gasteiger partial charge in [-0.2, -0.15) is 0 Å². The van der Waals surface area contributed by atoms with Gasteiger partial charge in [0.25, 0.3) is 0 Å². The lowest BCUT2D eigenvalue weighted by atomic mass is 9.88. The number of Topliss-reactive ketones (excluding diaryl/α,β-unsaturated/α-hetero) is 1. The first-order valence-corrected chi connectivity index (χ1v) is 6.45. The Morgan fingerprint density at radius 3 is 2.28 bits per heavy atom. The second kappa shape index (κ2) is 6.48. The molecular weight excluding hydrogens is 329 g/mol. The maximum Gasteiger partial charge on any atom is 0.170 e. The van der Waals surface area contributed by atoms with Crippen LogP contribution >= 0.6 is 27.5 Å². The second-order valence-corrected chi connectivity index (χ2v) is 5.14. The highest BCUT2D eigenvalue weighted by atomic mass is 79.9. The van der Waals surface area contributed by atoms with Crippen LogP contribution < -0.4 is 4.74 Å². The van der Waals surface area contributed by atoms with Gasteiger partial charge in [-0.15, -0.1) is 0 Å². The molecule has 0 saturated heterocycles. The lowest BCUT2D eigenvalue weighted by Gasteiger charge is -2.30. The van der Waals surface area contributed by atoms with Crippen LogP contribution in [0.15, 0.2) is 24.3 Å². The van der Waals surface area contributed by atoms with Crippen molar-refractivity contribution in [1.29, 1.82) is 0 Å². The summed E-state index contributed by atoms with van der Waals surface area (Å²) in [6, 6.07) is 6.27. The molecule has 1 aromatic carbocycles. The monoisotopic (exact) mass is 340 g/mol. The fourth-order valence-electron chi connectivity index (χ4n) is 1.25. The van der Waals surface area contributed by atoms with Gasteiger partial charge in [0.2, 0.25) is 0 Å². The highest BCUT2D eigenvalue weighted by molar-refractivity contribution is 9.09. The van der Waals surface area contributed by atoms with E-state index in [1.807, 2.05) is 0 Å². The minimum Gasteiger partial charge on any atom is -0.478 e. The standard InChI is InChI=1S/C12H12BrClF2O2/c1-8(17)12(6-15,7-16)11(13)18-10-4-2-9(14)3-5-10/h2-5,11H,6-7H2,1H3. The van der Waals surface area contributed by atoms with Crippen molar-refractivity contribution in [3.63, 3.8) is 0 Å². The zero-order chi connectivity index (χ0) is 13.8. The van der Waals surface area contributed by atoms with E-state index in [1.165, 1.54) is 0 Å². The summed E-state index contributed by atoms with van der Waals surface area (Å²) >= 11 is 8.72. The van der Waals surface area contributed by atoms with Crippen LogP contribution in [0.4, 0.5) is 8.78 Å². The van der Waals surface area contributed by atoms with Gasteiger partial charge in [-0.1, -0.05) is 11.6 Å². The Morgan fingerprint density at radius 2 is 1.89 bits per heavy atom. The first-order chi connectivity index (χ1) is 8.46. The number of ether oxygens (including phenoxy) is 1. The Labute approximate surface area is 117 Å². The van der Waals surface area contributed by atoms with Crippen molar-refractivity contribution in [2.45, 2.75) is 11.9 Å². The molecule has 0 aromatic heterocycles. The summed E-state index contributed by atoms with van der Waals surface area (Å²) in [5.74, 6) is -0.239. The topological polar surface area (TPSA) is 26.3 Å². The van der Waals surface area contributed by atoms with Gasteiger partial charge in [-0.05, 0) is 47.1 Å². The van der Waals surface area contributed by atoms with Crippen molar-refractivity contribution in [3.05, 3.63) is 29.3 Å². The number of carbonyl (C=O) groups excluding carboxylic acids is 1. The van der Waals surface area contributed by atoms with Crippen LogP contribution in [0.1, 0.15) is 6.92 Å². The molecule has 0 amide bonds. The van der Waals surface area contributed by atoms with E-state index in [0.29, 0.717) is 10.8 Å². The molecule has 1 rings (SSSR count). The van der Waals surface area contributed by atoms with Gasteiger partial charge in [0.1, 0.15) is 30.3 Å². The molecule has 1 aromatic rings. The van der Waals surface area contributed by atoms with Gasteiger partial charge in [-0.3, -0.25) is 4.79 Å². The van der Waals surface area contributed by atoms with Crippen LogP contribution in [0, 0.1) is 5.41 Å². The van der Waals surface area contributed by atoms with E-state index in [9.17, 15) is 13.6 Å². The van der Waals surface area contributed by atoms with Crippen LogP contribution in [0.5, 0.6) is 5.75 Å². The molecule has 1 unspecified atom stereocenters. The Bertz CT molecular complexity index is 407. The van der Waals surface area contributed by atoms with Gasteiger partial charge >= 0.3 is 0 Å². The molecule has 0 saturated carbocycles. The molecule has 0 aliphatic heterocycles. The number of halogens is 4. The maximum atomic E-state index is 13.0. The summed E-state index contributed by atoms with van der Waals surface area (Å²) in [6.45, 7) is -1.14. The molecule has 100 valence electrons. The third-order valence-electron chi connectivity index (χ3n) is 2.67. The first kappa shape index (κ1) is 15.4. The van der Waals surface area contributed by atoms with Gasteiger partial charge < -0.3 is 4.74 Å². The fourth-order valence-corrected chi connectivity index (χ4v) is 2.16. The summed E-state index contributed by atoms with van der Waals surface area (Å²) in [5, 5.41) is -0.569. The largest absolute Gasteiger partial charge is 0.478 e. The van der Waals surface area contributed by atoms with Crippen LogP contribution in [-0.2, 0) is 4.79 Å². The predicted molar refractivity (Wildman–Crippen MR) is 69.9 cm³/mol. The lowest BCUT2D eigenvalue weighted by Crippen LogP contribution is -2.45. The van der Waals surface area contributed by atoms with Gasteiger partial charge in [0.15, 0.2) is 5.01 Å². The van der Waals surface area contributed by atoms with Gasteiger partial charge in [0.05, 0.1) is 0 Å². The highest BCUT2D eigenvalue weighted by Gasteiger charge is 2.44. The SMILES string of the molecule is CC(=O)C(CF)(CF)C(Br)Oc1ccc(Cl)cc1. The zero-order valence-electron chi connectivity index (χ0n) is 9.63. The number of benzene rings is 1. The van der Waals surface area contributed by atoms with Crippen molar-refractivity contribution < 1.29 is 18.3 Å². The van der Waals surface area contributed by atoms with Crippen molar-refractivity contribution in [1.82, 2.24) is 0 Å². The van der Waals surface area contributed by atoms with Crippen molar-refractivity contribution in [2.24, 2.45) is 5.41 Å². The number of hydrogen-bond acceptors (Lipinski definition) is 2. The Hall–Kier alpha value is -0.680. The molecule has 0 bridgehead atoms. The summed E-state index contributed by atoms with van der Waals surface area (Å²) < 4.78 is 31.3. The number of rotatable bonds is 6. The molecule has 0 N–H and O–H groups in total. The van der Waals surface area contributed by atoms with Gasteiger partial charge in [0, 0.05) is 5.02 Å². The Kier molecular flexibility index (Phi) is 5.53. The van der Waals surface area contributed by atoms with Crippen molar-refractivity contribution in [3.8, 4) is 5.75 Å². The van der Waals surface area contributed by atoms with Crippen LogP contribution in [-0.4, -0.2) is 24.1 Å². The highest BCUT2D eigenvalue weighted by Crippen LogP contribution is 2.33. The maximum absolute atomic E-state index is 13.0. The van der Waals surface area contributed by atoms with E-state index < -0.39 is 29.6 Å². The molecule has 0 fully saturated rings. The third kappa shape index (κ3) is 3.20. The Morgan fingerprint density at radius 1 is 1.39 bits per heavy atom. The van der Waals surface area contributed by atoms with E-state index >= 15 is 0 Å². The normalized spacial score (nSPS) is 13.2. The van der Waals surface area contributed by atoms with Gasteiger partial charge in [-0.25, -0.2) is 8.78 Å². The summed E-state index contributed by atoms with van der Waals surface area (Å²) in [4.78, 5) is 11.4. The smallest absolute Gasteiger partial charge is 0.170 e. The minimum absolute atomic E-state index is 0.369. The van der Waals surface area contributed by atoms with Crippen LogP contribution in [0.3, 0.4) is 0 Å². The van der Waals surface area contributed by atoms with E-state index in [-0.39, 0.29) is 0 Å². The van der Waals surface area contributed by atoms with Crippen molar-refractivity contribution >= 4 is 33.3 Å². The van der Waals surface area contributed by atoms with E-state index in [2.05, 4.69) is 15.9 Å². The fraction of sp³-hybridized carbons (Fsp3) is 0.417.